The predicted octanol–water partition coefficient (Wildman–Crippen LogP) is 2.96. The van der Waals surface area contributed by atoms with Crippen LogP contribution in [0.25, 0.3) is 0 Å². The monoisotopic (exact) mass is 412 g/mol. The number of carbonyl (C=O) groups is 1. The Bertz CT molecular complexity index is 866. The van der Waals surface area contributed by atoms with E-state index in [9.17, 15) is 13.2 Å². The molecule has 1 N–H and O–H groups in total. The van der Waals surface area contributed by atoms with Gasteiger partial charge in [0.15, 0.2) is 0 Å². The highest BCUT2D eigenvalue weighted by Gasteiger charge is 2.23. The number of methoxy groups -OCH3 is 1. The number of anilines is 1. The minimum absolute atomic E-state index is 0.0120. The van der Waals surface area contributed by atoms with Crippen LogP contribution in [0.4, 0.5) is 5.69 Å². The molecule has 128 valence electrons. The van der Waals surface area contributed by atoms with Crippen molar-refractivity contribution in [1.82, 2.24) is 4.31 Å². The summed E-state index contributed by atoms with van der Waals surface area (Å²) in [6, 6.07) is 11.4. The second kappa shape index (κ2) is 7.33. The molecule has 0 radical (unpaired) electrons. The number of nitrogens with zero attached hydrogens (tertiary/aromatic N) is 1. The fourth-order valence-corrected chi connectivity index (χ4v) is 3.46. The Kier molecular flexibility index (Phi) is 5.63. The molecule has 0 fully saturated rings. The Morgan fingerprint density at radius 1 is 1.17 bits per heavy atom. The first-order valence-corrected chi connectivity index (χ1v) is 9.16. The number of ether oxygens (including phenoxy) is 1. The molecule has 24 heavy (non-hydrogen) atoms. The van der Waals surface area contributed by atoms with Crippen LogP contribution in [0.2, 0.25) is 0 Å². The molecule has 0 bridgehead atoms. The van der Waals surface area contributed by atoms with Crippen LogP contribution in [0.5, 0.6) is 5.75 Å². The summed E-state index contributed by atoms with van der Waals surface area (Å²) in [5, 5.41) is 2.69. The highest BCUT2D eigenvalue weighted by molar-refractivity contribution is 9.10. The van der Waals surface area contributed by atoms with E-state index < -0.39 is 10.0 Å². The molecular weight excluding hydrogens is 396 g/mol. The van der Waals surface area contributed by atoms with E-state index in [1.165, 1.54) is 33.3 Å². The van der Waals surface area contributed by atoms with E-state index >= 15 is 0 Å². The molecule has 0 spiro atoms. The van der Waals surface area contributed by atoms with Gasteiger partial charge in [0.05, 0.1) is 7.11 Å². The zero-order valence-corrected chi connectivity index (χ0v) is 15.8. The molecule has 6 nitrogen and oxygen atoms in total. The first-order valence-electron chi connectivity index (χ1n) is 6.93. The molecule has 1 amide bonds. The molecule has 0 unspecified atom stereocenters. The van der Waals surface area contributed by atoms with Gasteiger partial charge < -0.3 is 10.1 Å². The molecule has 0 aliphatic carbocycles. The van der Waals surface area contributed by atoms with E-state index in [1.54, 1.807) is 24.3 Å². The van der Waals surface area contributed by atoms with Gasteiger partial charge in [0.25, 0.3) is 5.91 Å². The summed E-state index contributed by atoms with van der Waals surface area (Å²) in [5.41, 5.74) is 0.818. The van der Waals surface area contributed by atoms with Crippen LogP contribution in [-0.2, 0) is 10.0 Å². The number of hydrogen-bond acceptors (Lipinski definition) is 4. The zero-order chi connectivity index (χ0) is 17.9. The van der Waals surface area contributed by atoms with Crippen molar-refractivity contribution in [2.24, 2.45) is 0 Å². The third kappa shape index (κ3) is 3.95. The van der Waals surface area contributed by atoms with Gasteiger partial charge in [-0.3, -0.25) is 4.79 Å². The van der Waals surface area contributed by atoms with E-state index in [2.05, 4.69) is 21.2 Å². The lowest BCUT2D eigenvalue weighted by Crippen LogP contribution is -2.23. The number of rotatable bonds is 5. The maximum Gasteiger partial charge on any atom is 0.255 e. The van der Waals surface area contributed by atoms with Gasteiger partial charge in [0, 0.05) is 29.8 Å². The summed E-state index contributed by atoms with van der Waals surface area (Å²) >= 11 is 3.31. The lowest BCUT2D eigenvalue weighted by molar-refractivity contribution is 0.102. The topological polar surface area (TPSA) is 75.7 Å². The van der Waals surface area contributed by atoms with Crippen LogP contribution in [-0.4, -0.2) is 39.8 Å². The smallest absolute Gasteiger partial charge is 0.255 e. The number of sulfonamides is 1. The Morgan fingerprint density at radius 2 is 1.88 bits per heavy atom. The van der Waals surface area contributed by atoms with E-state index in [1.807, 2.05) is 6.07 Å². The van der Waals surface area contributed by atoms with E-state index in [4.69, 9.17) is 4.74 Å². The van der Waals surface area contributed by atoms with Crippen molar-refractivity contribution in [1.29, 1.82) is 0 Å². The van der Waals surface area contributed by atoms with Crippen molar-refractivity contribution in [3.05, 3.63) is 52.5 Å². The van der Waals surface area contributed by atoms with Crippen molar-refractivity contribution in [2.75, 3.05) is 26.5 Å². The molecule has 2 aromatic rings. The highest BCUT2D eigenvalue weighted by Crippen LogP contribution is 2.29. The Labute approximate surface area is 149 Å². The number of hydrogen-bond donors (Lipinski definition) is 1. The normalized spacial score (nSPS) is 11.4. The van der Waals surface area contributed by atoms with Gasteiger partial charge in [0.2, 0.25) is 10.0 Å². The summed E-state index contributed by atoms with van der Waals surface area (Å²) in [7, 11) is 0.557. The van der Waals surface area contributed by atoms with Crippen LogP contribution >= 0.6 is 15.9 Å². The maximum atomic E-state index is 12.4. The van der Waals surface area contributed by atoms with Gasteiger partial charge in [-0.1, -0.05) is 22.0 Å². The van der Waals surface area contributed by atoms with Gasteiger partial charge >= 0.3 is 0 Å². The number of halogens is 1. The molecule has 2 aromatic carbocycles. The third-order valence-electron chi connectivity index (χ3n) is 3.27. The first-order chi connectivity index (χ1) is 11.3. The number of carbonyl (C=O) groups excluding carboxylic acids is 1. The van der Waals surface area contributed by atoms with Gasteiger partial charge in [-0.15, -0.1) is 0 Å². The Morgan fingerprint density at radius 3 is 2.46 bits per heavy atom. The second-order valence-corrected chi connectivity index (χ2v) is 8.15. The fraction of sp³-hybridized carbons (Fsp3) is 0.188. The first kappa shape index (κ1) is 18.4. The van der Waals surface area contributed by atoms with Crippen molar-refractivity contribution in [3.63, 3.8) is 0 Å². The molecule has 0 heterocycles. The predicted molar refractivity (Wildman–Crippen MR) is 96.0 cm³/mol. The largest absolute Gasteiger partial charge is 0.495 e. The summed E-state index contributed by atoms with van der Waals surface area (Å²) in [6.45, 7) is 0. The molecule has 8 heteroatoms. The summed E-state index contributed by atoms with van der Waals surface area (Å²) in [5.74, 6) is -0.126. The number of amides is 1. The van der Waals surface area contributed by atoms with E-state index in [-0.39, 0.29) is 16.6 Å². The van der Waals surface area contributed by atoms with E-state index in [0.717, 1.165) is 8.78 Å². The summed E-state index contributed by atoms with van der Waals surface area (Å²) in [4.78, 5) is 12.3. The summed E-state index contributed by atoms with van der Waals surface area (Å²) < 4.78 is 31.8. The minimum Gasteiger partial charge on any atom is -0.495 e. The average Bonchev–Trinajstić information content (AvgIpc) is 2.54. The zero-order valence-electron chi connectivity index (χ0n) is 13.4. The summed E-state index contributed by atoms with van der Waals surface area (Å²) in [6.07, 6.45) is 0. The van der Waals surface area contributed by atoms with Gasteiger partial charge in [-0.2, -0.15) is 0 Å². The molecule has 0 aliphatic rings. The molecule has 0 saturated carbocycles. The number of benzene rings is 2. The van der Waals surface area contributed by atoms with E-state index in [0.29, 0.717) is 11.3 Å². The lowest BCUT2D eigenvalue weighted by Gasteiger charge is -2.16. The maximum absolute atomic E-state index is 12.4. The molecular formula is C16H17BrN2O4S. The van der Waals surface area contributed by atoms with Gasteiger partial charge in [0.1, 0.15) is 10.6 Å². The van der Waals surface area contributed by atoms with Crippen LogP contribution < -0.4 is 10.1 Å². The standard InChI is InChI=1S/C16H17BrN2O4S/c1-19(2)24(21,22)15-10-13(7-8-14(15)23-3)18-16(20)11-5-4-6-12(17)9-11/h4-10H,1-3H3,(H,18,20). The van der Waals surface area contributed by atoms with Crippen LogP contribution in [0, 0.1) is 0 Å². The molecule has 0 atom stereocenters. The van der Waals surface area contributed by atoms with Crippen LogP contribution in [0.3, 0.4) is 0 Å². The third-order valence-corrected chi connectivity index (χ3v) is 5.60. The van der Waals surface area contributed by atoms with Crippen LogP contribution in [0.1, 0.15) is 10.4 Å². The molecule has 0 aromatic heterocycles. The Hall–Kier alpha value is -1.90. The van der Waals surface area contributed by atoms with Crippen molar-refractivity contribution >= 4 is 37.5 Å². The van der Waals surface area contributed by atoms with Crippen molar-refractivity contribution < 1.29 is 17.9 Å². The van der Waals surface area contributed by atoms with Gasteiger partial charge in [-0.25, -0.2) is 12.7 Å². The van der Waals surface area contributed by atoms with Crippen LogP contribution in [0.15, 0.2) is 51.8 Å². The average molecular weight is 413 g/mol. The Balaban J connectivity index is 2.37. The molecule has 2 rings (SSSR count). The fourth-order valence-electron chi connectivity index (χ4n) is 1.99. The lowest BCUT2D eigenvalue weighted by atomic mass is 10.2. The number of nitrogens with one attached hydrogen (secondary N) is 1. The molecule has 0 saturated heterocycles. The van der Waals surface area contributed by atoms with Gasteiger partial charge in [-0.05, 0) is 36.4 Å². The molecule has 0 aliphatic heterocycles. The quantitative estimate of drug-likeness (QED) is 0.818. The minimum atomic E-state index is -3.70. The highest BCUT2D eigenvalue weighted by atomic mass is 79.9. The van der Waals surface area contributed by atoms with Crippen molar-refractivity contribution in [3.8, 4) is 5.75 Å². The SMILES string of the molecule is COc1ccc(NC(=O)c2cccc(Br)c2)cc1S(=O)(=O)N(C)C. The van der Waals surface area contributed by atoms with Crippen molar-refractivity contribution in [2.45, 2.75) is 4.90 Å². The second-order valence-electron chi connectivity index (χ2n) is 5.12.